The van der Waals surface area contributed by atoms with Gasteiger partial charge in [0.25, 0.3) is 5.91 Å². The van der Waals surface area contributed by atoms with E-state index in [-0.39, 0.29) is 11.9 Å². The van der Waals surface area contributed by atoms with Gasteiger partial charge in [-0.05, 0) is 30.2 Å². The third-order valence-electron chi connectivity index (χ3n) is 3.99. The molecule has 0 aliphatic heterocycles. The van der Waals surface area contributed by atoms with E-state index >= 15 is 0 Å². The molecule has 3 heterocycles. The first-order chi connectivity index (χ1) is 12.3. The second-order valence-electron chi connectivity index (χ2n) is 5.66. The Hall–Kier alpha value is -3.48. The minimum atomic E-state index is -0.282. The Morgan fingerprint density at radius 1 is 1.12 bits per heavy atom. The number of fused-ring (bicyclic) bond motifs is 1. The predicted octanol–water partition coefficient (Wildman–Crippen LogP) is 2.72. The molecule has 7 nitrogen and oxygen atoms in total. The Morgan fingerprint density at radius 3 is 2.92 bits per heavy atom. The Bertz CT molecular complexity index is 1000. The molecule has 3 N–H and O–H groups in total. The molecular formula is C18H16N6O. The lowest BCUT2D eigenvalue weighted by Crippen LogP contribution is -2.13. The fraction of sp³-hybridized carbons (Fsp3) is 0.111. The number of H-pyrrole nitrogens is 2. The fourth-order valence-electron chi connectivity index (χ4n) is 2.73. The van der Waals surface area contributed by atoms with E-state index in [0.717, 1.165) is 17.8 Å². The van der Waals surface area contributed by atoms with Gasteiger partial charge in [-0.2, -0.15) is 4.98 Å². The van der Waals surface area contributed by atoms with Crippen LogP contribution in [0, 0.1) is 0 Å². The van der Waals surface area contributed by atoms with Crippen molar-refractivity contribution in [2.45, 2.75) is 12.8 Å². The SMILES string of the molecule is O=C(Nc1n[nH]c(CCc2c[nH]c3ccccc23)n1)c1cccnc1. The minimum absolute atomic E-state index is 0.266. The van der Waals surface area contributed by atoms with Gasteiger partial charge < -0.3 is 4.98 Å². The fourth-order valence-corrected chi connectivity index (χ4v) is 2.73. The lowest BCUT2D eigenvalue weighted by molar-refractivity contribution is 0.102. The first-order valence-corrected chi connectivity index (χ1v) is 7.97. The summed E-state index contributed by atoms with van der Waals surface area (Å²) in [6.07, 6.45) is 6.67. The molecule has 4 rings (SSSR count). The zero-order valence-corrected chi connectivity index (χ0v) is 13.4. The summed E-state index contributed by atoms with van der Waals surface area (Å²) in [6.45, 7) is 0. The van der Waals surface area contributed by atoms with Crippen molar-refractivity contribution >= 4 is 22.8 Å². The minimum Gasteiger partial charge on any atom is -0.361 e. The molecule has 7 heteroatoms. The zero-order valence-electron chi connectivity index (χ0n) is 13.4. The third-order valence-corrected chi connectivity index (χ3v) is 3.99. The van der Waals surface area contributed by atoms with E-state index in [1.807, 2.05) is 18.3 Å². The van der Waals surface area contributed by atoms with Crippen molar-refractivity contribution in [3.8, 4) is 0 Å². The monoisotopic (exact) mass is 332 g/mol. The molecule has 0 fully saturated rings. The van der Waals surface area contributed by atoms with Crippen LogP contribution in [-0.2, 0) is 12.8 Å². The van der Waals surface area contributed by atoms with Gasteiger partial charge in [0.05, 0.1) is 5.56 Å². The van der Waals surface area contributed by atoms with Crippen molar-refractivity contribution in [1.29, 1.82) is 0 Å². The average molecular weight is 332 g/mol. The molecule has 0 spiro atoms. The van der Waals surface area contributed by atoms with Gasteiger partial charge in [-0.25, -0.2) is 0 Å². The lowest BCUT2D eigenvalue weighted by atomic mass is 10.1. The smallest absolute Gasteiger partial charge is 0.259 e. The van der Waals surface area contributed by atoms with Gasteiger partial charge in [-0.3, -0.25) is 20.2 Å². The maximum absolute atomic E-state index is 12.1. The number of rotatable bonds is 5. The standard InChI is InChI=1S/C18H16N6O/c25-17(13-4-3-9-19-10-13)22-18-21-16(23-24-18)8-7-12-11-20-15-6-2-1-5-14(12)15/h1-6,9-11,20H,7-8H2,(H2,21,22,23,24,25). The van der Waals surface area contributed by atoms with E-state index in [4.69, 9.17) is 0 Å². The molecule has 0 aliphatic rings. The number of aromatic nitrogens is 5. The molecule has 1 amide bonds. The number of benzene rings is 1. The van der Waals surface area contributed by atoms with E-state index in [0.29, 0.717) is 12.0 Å². The Kier molecular flexibility index (Phi) is 3.96. The highest BCUT2D eigenvalue weighted by Gasteiger charge is 2.10. The largest absolute Gasteiger partial charge is 0.361 e. The molecule has 4 aromatic rings. The number of anilines is 1. The van der Waals surface area contributed by atoms with Gasteiger partial charge in [0, 0.05) is 35.9 Å². The van der Waals surface area contributed by atoms with Gasteiger partial charge in [0.15, 0.2) is 0 Å². The molecule has 0 radical (unpaired) electrons. The molecule has 0 saturated carbocycles. The molecule has 0 unspecified atom stereocenters. The number of carbonyl (C=O) groups excluding carboxylic acids is 1. The average Bonchev–Trinajstić information content (AvgIpc) is 3.27. The van der Waals surface area contributed by atoms with Gasteiger partial charge >= 0.3 is 0 Å². The highest BCUT2D eigenvalue weighted by molar-refractivity contribution is 6.03. The van der Waals surface area contributed by atoms with Crippen LogP contribution in [0.1, 0.15) is 21.7 Å². The zero-order chi connectivity index (χ0) is 17.1. The summed E-state index contributed by atoms with van der Waals surface area (Å²) in [5, 5.41) is 10.8. The Morgan fingerprint density at radius 2 is 2.04 bits per heavy atom. The van der Waals surface area contributed by atoms with Crippen molar-refractivity contribution in [3.63, 3.8) is 0 Å². The van der Waals surface area contributed by atoms with E-state index in [9.17, 15) is 4.79 Å². The molecule has 124 valence electrons. The molecule has 3 aromatic heterocycles. The lowest BCUT2D eigenvalue weighted by Gasteiger charge is -1.99. The number of aromatic amines is 2. The molecular weight excluding hydrogens is 316 g/mol. The van der Waals surface area contributed by atoms with Crippen LogP contribution < -0.4 is 5.32 Å². The summed E-state index contributed by atoms with van der Waals surface area (Å²) >= 11 is 0. The Labute approximate surface area is 143 Å². The van der Waals surface area contributed by atoms with E-state index in [2.05, 4.69) is 42.6 Å². The number of amides is 1. The van der Waals surface area contributed by atoms with E-state index in [1.54, 1.807) is 18.3 Å². The van der Waals surface area contributed by atoms with Gasteiger partial charge in [0.2, 0.25) is 5.95 Å². The number of para-hydroxylation sites is 1. The van der Waals surface area contributed by atoms with Crippen LogP contribution in [0.15, 0.2) is 55.0 Å². The topological polar surface area (TPSA) is 99.3 Å². The Balaban J connectivity index is 1.41. The molecule has 1 aromatic carbocycles. The van der Waals surface area contributed by atoms with Crippen LogP contribution in [0.3, 0.4) is 0 Å². The van der Waals surface area contributed by atoms with Crippen molar-refractivity contribution in [1.82, 2.24) is 25.1 Å². The van der Waals surface area contributed by atoms with Crippen LogP contribution in [0.25, 0.3) is 10.9 Å². The number of aryl methyl sites for hydroxylation is 2. The van der Waals surface area contributed by atoms with E-state index in [1.165, 1.54) is 17.1 Å². The quantitative estimate of drug-likeness (QED) is 0.523. The summed E-state index contributed by atoms with van der Waals surface area (Å²) in [5.74, 6) is 0.713. The number of hydrogen-bond acceptors (Lipinski definition) is 4. The second-order valence-corrected chi connectivity index (χ2v) is 5.66. The second kappa shape index (κ2) is 6.56. The molecule has 0 saturated heterocycles. The van der Waals surface area contributed by atoms with Crippen LogP contribution >= 0.6 is 0 Å². The summed E-state index contributed by atoms with van der Waals surface area (Å²) in [4.78, 5) is 23.6. The normalized spacial score (nSPS) is 10.9. The van der Waals surface area contributed by atoms with Gasteiger partial charge in [-0.1, -0.05) is 18.2 Å². The molecule has 0 bridgehead atoms. The maximum atomic E-state index is 12.1. The van der Waals surface area contributed by atoms with Crippen LogP contribution in [0.4, 0.5) is 5.95 Å². The highest BCUT2D eigenvalue weighted by Crippen LogP contribution is 2.19. The summed E-state index contributed by atoms with van der Waals surface area (Å²) < 4.78 is 0. The molecule has 0 aliphatic carbocycles. The van der Waals surface area contributed by atoms with Crippen LogP contribution in [0.5, 0.6) is 0 Å². The van der Waals surface area contributed by atoms with Crippen molar-refractivity contribution in [3.05, 3.63) is 71.9 Å². The third kappa shape index (κ3) is 3.25. The number of nitrogens with zero attached hydrogens (tertiary/aromatic N) is 3. The first-order valence-electron chi connectivity index (χ1n) is 7.97. The molecule has 0 atom stereocenters. The van der Waals surface area contributed by atoms with Gasteiger partial charge in [-0.15, -0.1) is 5.10 Å². The highest BCUT2D eigenvalue weighted by atomic mass is 16.1. The number of hydrogen-bond donors (Lipinski definition) is 3. The van der Waals surface area contributed by atoms with Crippen molar-refractivity contribution in [2.24, 2.45) is 0 Å². The predicted molar refractivity (Wildman–Crippen MR) is 94.3 cm³/mol. The van der Waals surface area contributed by atoms with Crippen LogP contribution in [-0.4, -0.2) is 31.1 Å². The number of pyridine rings is 1. The first kappa shape index (κ1) is 15.1. The maximum Gasteiger partial charge on any atom is 0.259 e. The van der Waals surface area contributed by atoms with E-state index < -0.39 is 0 Å². The molecule has 25 heavy (non-hydrogen) atoms. The van der Waals surface area contributed by atoms with Crippen molar-refractivity contribution < 1.29 is 4.79 Å². The summed E-state index contributed by atoms with van der Waals surface area (Å²) in [7, 11) is 0. The summed E-state index contributed by atoms with van der Waals surface area (Å²) in [5.41, 5.74) is 2.82. The van der Waals surface area contributed by atoms with Crippen molar-refractivity contribution in [2.75, 3.05) is 5.32 Å². The summed E-state index contributed by atoms with van der Waals surface area (Å²) in [6, 6.07) is 11.6. The van der Waals surface area contributed by atoms with Gasteiger partial charge in [0.1, 0.15) is 5.82 Å². The number of carbonyl (C=O) groups is 1. The van der Waals surface area contributed by atoms with Crippen LogP contribution in [0.2, 0.25) is 0 Å². The number of nitrogens with one attached hydrogen (secondary N) is 3.